The van der Waals surface area contributed by atoms with Crippen LogP contribution in [0.1, 0.15) is 17.0 Å². The number of anilines is 1. The van der Waals surface area contributed by atoms with Crippen LogP contribution in [0.5, 0.6) is 11.5 Å². The van der Waals surface area contributed by atoms with E-state index in [2.05, 4.69) is 21.9 Å². The fraction of sp³-hybridized carbons (Fsp3) is 0.235. The van der Waals surface area contributed by atoms with Gasteiger partial charge in [-0.15, -0.1) is 0 Å². The smallest absolute Gasteiger partial charge is 0.191 e. The number of methoxy groups -OCH3 is 2. The van der Waals surface area contributed by atoms with Gasteiger partial charge in [-0.25, -0.2) is 0 Å². The van der Waals surface area contributed by atoms with Gasteiger partial charge in [0, 0.05) is 30.1 Å². The minimum atomic E-state index is 0.331. The largest absolute Gasteiger partial charge is 0.493 e. The van der Waals surface area contributed by atoms with Gasteiger partial charge in [0.05, 0.1) is 20.4 Å². The number of aromatic nitrogens is 1. The highest BCUT2D eigenvalue weighted by atomic mass is 32.1. The van der Waals surface area contributed by atoms with Gasteiger partial charge in [-0.2, -0.15) is 10.4 Å². The van der Waals surface area contributed by atoms with Crippen LogP contribution in [0.3, 0.4) is 0 Å². The lowest BCUT2D eigenvalue weighted by Crippen LogP contribution is -2.23. The first-order valence-corrected chi connectivity index (χ1v) is 7.79. The first-order valence-electron chi connectivity index (χ1n) is 7.38. The Hall–Kier alpha value is -3.05. The van der Waals surface area contributed by atoms with Crippen molar-refractivity contribution >= 4 is 29.2 Å². The fourth-order valence-corrected chi connectivity index (χ4v) is 2.36. The molecule has 0 saturated carbocycles. The minimum absolute atomic E-state index is 0.331. The molecule has 0 spiro atoms. The van der Waals surface area contributed by atoms with E-state index in [-0.39, 0.29) is 0 Å². The molecule has 2 rings (SSSR count). The van der Waals surface area contributed by atoms with Crippen LogP contribution in [-0.4, -0.2) is 30.1 Å². The van der Waals surface area contributed by atoms with Crippen LogP contribution in [0.25, 0.3) is 0 Å². The number of hydrogen-bond acceptors (Lipinski definition) is 5. The summed E-state index contributed by atoms with van der Waals surface area (Å²) in [4.78, 5) is 0. The van der Waals surface area contributed by atoms with Crippen molar-refractivity contribution < 1.29 is 9.47 Å². The lowest BCUT2D eigenvalue weighted by atomic mass is 10.3. The molecule has 0 atom stereocenters. The Balaban J connectivity index is 2.00. The van der Waals surface area contributed by atoms with Gasteiger partial charge in [0.25, 0.3) is 0 Å². The van der Waals surface area contributed by atoms with Gasteiger partial charge in [0.15, 0.2) is 16.6 Å². The van der Waals surface area contributed by atoms with Crippen molar-refractivity contribution in [1.82, 2.24) is 9.99 Å². The third-order valence-electron chi connectivity index (χ3n) is 3.70. The van der Waals surface area contributed by atoms with Gasteiger partial charge >= 0.3 is 0 Å². The number of thiocarbonyl (C=S) groups is 1. The molecule has 1 aromatic heterocycles. The van der Waals surface area contributed by atoms with Crippen LogP contribution in [0.2, 0.25) is 0 Å². The van der Waals surface area contributed by atoms with E-state index in [0.29, 0.717) is 22.3 Å². The van der Waals surface area contributed by atoms with Crippen LogP contribution in [0.15, 0.2) is 29.4 Å². The summed E-state index contributed by atoms with van der Waals surface area (Å²) in [6, 6.07) is 9.27. The number of rotatable bonds is 5. The molecule has 0 aliphatic carbocycles. The molecule has 0 fully saturated rings. The summed E-state index contributed by atoms with van der Waals surface area (Å²) < 4.78 is 12.2. The number of hydrogen-bond donors (Lipinski definition) is 2. The second kappa shape index (κ2) is 8.17. The van der Waals surface area contributed by atoms with Crippen molar-refractivity contribution in [3.05, 3.63) is 41.2 Å². The molecule has 25 heavy (non-hydrogen) atoms. The number of nitrogens with one attached hydrogen (secondary N) is 2. The van der Waals surface area contributed by atoms with Gasteiger partial charge in [0.2, 0.25) is 0 Å². The topological polar surface area (TPSA) is 83.6 Å². The molecule has 0 bridgehead atoms. The first-order chi connectivity index (χ1) is 12.0. The molecule has 0 saturated heterocycles. The third kappa shape index (κ3) is 4.28. The molecule has 1 aromatic carbocycles. The van der Waals surface area contributed by atoms with E-state index < -0.39 is 0 Å². The zero-order valence-electron chi connectivity index (χ0n) is 14.5. The Morgan fingerprint density at radius 1 is 1.28 bits per heavy atom. The molecule has 0 amide bonds. The summed E-state index contributed by atoms with van der Waals surface area (Å²) >= 11 is 5.21. The molecule has 2 aromatic rings. The van der Waals surface area contributed by atoms with Crippen molar-refractivity contribution in [3.8, 4) is 17.6 Å². The molecule has 0 aliphatic rings. The monoisotopic (exact) mass is 357 g/mol. The molecular formula is C17H19N5O2S. The summed E-state index contributed by atoms with van der Waals surface area (Å²) in [5.74, 6) is 1.24. The van der Waals surface area contributed by atoms with Crippen LogP contribution in [-0.2, 0) is 7.05 Å². The number of nitrogens with zero attached hydrogens (tertiary/aromatic N) is 3. The Morgan fingerprint density at radius 3 is 2.60 bits per heavy atom. The SMILES string of the molecule is COc1ccc(NC(=S)N/N=C\c2cc(C#N)n(C)c2C)cc1OC. The first kappa shape index (κ1) is 18.3. The highest BCUT2D eigenvalue weighted by molar-refractivity contribution is 7.80. The van der Waals surface area contributed by atoms with Crippen molar-refractivity contribution in [1.29, 1.82) is 5.26 Å². The summed E-state index contributed by atoms with van der Waals surface area (Å²) in [6.07, 6.45) is 1.62. The maximum absolute atomic E-state index is 9.03. The Kier molecular flexibility index (Phi) is 5.98. The average molecular weight is 357 g/mol. The maximum atomic E-state index is 9.03. The zero-order chi connectivity index (χ0) is 18.4. The second-order valence-corrected chi connectivity index (χ2v) is 5.54. The van der Waals surface area contributed by atoms with Gasteiger partial charge in [0.1, 0.15) is 11.8 Å². The van der Waals surface area contributed by atoms with Gasteiger partial charge in [-0.05, 0) is 37.3 Å². The van der Waals surface area contributed by atoms with Gasteiger partial charge < -0.3 is 19.4 Å². The number of hydrazone groups is 1. The molecule has 2 N–H and O–H groups in total. The van der Waals surface area contributed by atoms with Crippen molar-refractivity contribution in [2.45, 2.75) is 6.92 Å². The predicted molar refractivity (Wildman–Crippen MR) is 101 cm³/mol. The second-order valence-electron chi connectivity index (χ2n) is 5.14. The van der Waals surface area contributed by atoms with E-state index in [1.165, 1.54) is 0 Å². The Labute approximate surface area is 151 Å². The van der Waals surface area contributed by atoms with Crippen LogP contribution < -0.4 is 20.2 Å². The standard InChI is InChI=1S/C17H19N5O2S/c1-11-12(7-14(9-18)22(11)2)10-19-21-17(25)20-13-5-6-15(23-3)16(8-13)24-4/h5-8,10H,1-4H3,(H2,20,21,25)/b19-10-. The number of ether oxygens (including phenoxy) is 2. The minimum Gasteiger partial charge on any atom is -0.493 e. The van der Waals surface area contributed by atoms with Crippen molar-refractivity contribution in [2.24, 2.45) is 12.1 Å². The summed E-state index contributed by atoms with van der Waals surface area (Å²) in [7, 11) is 4.98. The summed E-state index contributed by atoms with van der Waals surface area (Å²) in [6.45, 7) is 1.92. The molecule has 1 heterocycles. The lowest BCUT2D eigenvalue weighted by Gasteiger charge is -2.11. The highest BCUT2D eigenvalue weighted by Gasteiger charge is 2.07. The van der Waals surface area contributed by atoms with Gasteiger partial charge in [-0.1, -0.05) is 0 Å². The average Bonchev–Trinajstić information content (AvgIpc) is 2.89. The van der Waals surface area contributed by atoms with Crippen LogP contribution >= 0.6 is 12.2 Å². The van der Waals surface area contributed by atoms with E-state index in [0.717, 1.165) is 16.9 Å². The normalized spacial score (nSPS) is 10.4. The third-order valence-corrected chi connectivity index (χ3v) is 3.89. The molecule has 8 heteroatoms. The quantitative estimate of drug-likeness (QED) is 0.486. The molecule has 0 aliphatic heterocycles. The van der Waals surface area contributed by atoms with Gasteiger partial charge in [-0.3, -0.25) is 5.43 Å². The highest BCUT2D eigenvalue weighted by Crippen LogP contribution is 2.29. The zero-order valence-corrected chi connectivity index (χ0v) is 15.3. The van der Waals surface area contributed by atoms with E-state index in [4.69, 9.17) is 27.0 Å². The van der Waals surface area contributed by atoms with Crippen molar-refractivity contribution in [3.63, 3.8) is 0 Å². The van der Waals surface area contributed by atoms with E-state index in [1.54, 1.807) is 38.6 Å². The maximum Gasteiger partial charge on any atom is 0.191 e. The number of nitriles is 1. The molecule has 130 valence electrons. The van der Waals surface area contributed by atoms with Crippen LogP contribution in [0, 0.1) is 18.3 Å². The molecule has 0 radical (unpaired) electrons. The Morgan fingerprint density at radius 2 is 2.00 bits per heavy atom. The lowest BCUT2D eigenvalue weighted by molar-refractivity contribution is 0.355. The van der Waals surface area contributed by atoms with E-state index in [9.17, 15) is 0 Å². The van der Waals surface area contributed by atoms with E-state index >= 15 is 0 Å². The fourth-order valence-electron chi connectivity index (χ4n) is 2.19. The molecular weight excluding hydrogens is 338 g/mol. The Bertz CT molecular complexity index is 851. The summed E-state index contributed by atoms with van der Waals surface area (Å²) in [5.41, 5.74) is 5.86. The van der Waals surface area contributed by atoms with Crippen LogP contribution in [0.4, 0.5) is 5.69 Å². The number of benzene rings is 1. The predicted octanol–water partition coefficient (Wildman–Crippen LogP) is 2.54. The summed E-state index contributed by atoms with van der Waals surface area (Å²) in [5, 5.41) is 16.5. The molecule has 7 nitrogen and oxygen atoms in total. The molecule has 0 unspecified atom stereocenters. The van der Waals surface area contributed by atoms with Crippen molar-refractivity contribution in [2.75, 3.05) is 19.5 Å². The van der Waals surface area contributed by atoms with E-state index in [1.807, 2.05) is 24.6 Å².